The molecule has 0 spiro atoms. The Bertz CT molecular complexity index is 1030. The summed E-state index contributed by atoms with van der Waals surface area (Å²) in [5, 5.41) is 6.25. The molecule has 0 radical (unpaired) electrons. The molecule has 32 heavy (non-hydrogen) atoms. The molecule has 3 aromatic rings. The van der Waals surface area contributed by atoms with Crippen molar-refractivity contribution in [3.05, 3.63) is 84.2 Å². The van der Waals surface area contributed by atoms with Gasteiger partial charge in [-0.15, -0.1) is 0 Å². The Balaban J connectivity index is 1.82. The summed E-state index contributed by atoms with van der Waals surface area (Å²) in [7, 11) is 1.69. The van der Waals surface area contributed by atoms with Crippen molar-refractivity contribution in [2.45, 2.75) is 19.0 Å². The maximum atomic E-state index is 12.9. The summed E-state index contributed by atoms with van der Waals surface area (Å²) in [6.07, 6.45) is 6.04. The van der Waals surface area contributed by atoms with Gasteiger partial charge in [0.1, 0.15) is 6.04 Å². The highest BCUT2D eigenvalue weighted by atomic mass is 32.2. The molecular formula is C25H27N3O3S. The highest BCUT2D eigenvalue weighted by Gasteiger charge is 2.23. The van der Waals surface area contributed by atoms with Crippen molar-refractivity contribution in [1.29, 1.82) is 0 Å². The number of anilines is 1. The van der Waals surface area contributed by atoms with Crippen LogP contribution in [0.3, 0.4) is 0 Å². The molecule has 0 aliphatic carbocycles. The van der Waals surface area contributed by atoms with Gasteiger partial charge in [0.05, 0.1) is 11.3 Å². The molecule has 7 heteroatoms. The van der Waals surface area contributed by atoms with E-state index < -0.39 is 18.0 Å². The van der Waals surface area contributed by atoms with Crippen molar-refractivity contribution in [3.63, 3.8) is 0 Å². The van der Waals surface area contributed by atoms with Gasteiger partial charge in [-0.3, -0.25) is 4.98 Å². The van der Waals surface area contributed by atoms with Gasteiger partial charge in [-0.2, -0.15) is 11.8 Å². The number of thioether (sulfide) groups is 1. The maximum absolute atomic E-state index is 12.9. The van der Waals surface area contributed by atoms with Crippen LogP contribution in [0.2, 0.25) is 0 Å². The number of pyridine rings is 1. The molecule has 0 bridgehead atoms. The van der Waals surface area contributed by atoms with Crippen molar-refractivity contribution in [3.8, 4) is 11.1 Å². The van der Waals surface area contributed by atoms with E-state index in [-0.39, 0.29) is 0 Å². The summed E-state index contributed by atoms with van der Waals surface area (Å²) >= 11 is 1.64. The van der Waals surface area contributed by atoms with Gasteiger partial charge in [-0.1, -0.05) is 36.4 Å². The number of ether oxygens (including phenoxy) is 1. The number of carbonyl (C=O) groups is 2. The second-order valence-electron chi connectivity index (χ2n) is 7.17. The Hall–Kier alpha value is -3.16. The lowest BCUT2D eigenvalue weighted by Crippen LogP contribution is -2.37. The molecule has 0 saturated heterocycles. The second kappa shape index (κ2) is 12.0. The average molecular weight is 450 g/mol. The molecule has 0 fully saturated rings. The Morgan fingerprint density at radius 3 is 2.59 bits per heavy atom. The molecule has 1 atom stereocenters. The van der Waals surface area contributed by atoms with Crippen LogP contribution < -0.4 is 10.6 Å². The van der Waals surface area contributed by atoms with Crippen LogP contribution in [0, 0.1) is 0 Å². The summed E-state index contributed by atoms with van der Waals surface area (Å²) in [6.45, 7) is 0.566. The van der Waals surface area contributed by atoms with Crippen LogP contribution in [-0.2, 0) is 16.1 Å². The summed E-state index contributed by atoms with van der Waals surface area (Å²) in [5.41, 5.74) is 3.85. The van der Waals surface area contributed by atoms with Crippen LogP contribution in [0.1, 0.15) is 22.3 Å². The molecule has 3 rings (SSSR count). The zero-order valence-electron chi connectivity index (χ0n) is 18.2. The van der Waals surface area contributed by atoms with Crippen molar-refractivity contribution >= 4 is 29.4 Å². The summed E-state index contributed by atoms with van der Waals surface area (Å²) in [4.78, 5) is 29.5. The minimum absolute atomic E-state index is 0.356. The standard InChI is InChI=1S/C25H27N3O3S/c1-26-23(12-14-32-2)25(30)31-24(29)21-11-10-18(16-28-20-9-6-13-27-17-20)15-22(21)19-7-4-3-5-8-19/h3-11,13,15,17,23,26,28H,12,14,16H2,1-2H3/t23-/m0/s1. The lowest BCUT2D eigenvalue weighted by atomic mass is 9.97. The number of benzene rings is 2. The quantitative estimate of drug-likeness (QED) is 0.351. The van der Waals surface area contributed by atoms with E-state index in [2.05, 4.69) is 15.6 Å². The third-order valence-electron chi connectivity index (χ3n) is 4.98. The summed E-state index contributed by atoms with van der Waals surface area (Å²) in [6, 6.07) is 18.4. The smallest absolute Gasteiger partial charge is 0.346 e. The highest BCUT2D eigenvalue weighted by molar-refractivity contribution is 7.98. The van der Waals surface area contributed by atoms with Crippen molar-refractivity contribution in [1.82, 2.24) is 10.3 Å². The number of likely N-dealkylation sites (N-methyl/N-ethyl adjacent to an activating group) is 1. The molecule has 2 N–H and O–H groups in total. The number of esters is 2. The van der Waals surface area contributed by atoms with Gasteiger partial charge in [0, 0.05) is 18.9 Å². The van der Waals surface area contributed by atoms with Gasteiger partial charge >= 0.3 is 11.9 Å². The van der Waals surface area contributed by atoms with Gasteiger partial charge < -0.3 is 15.4 Å². The largest absolute Gasteiger partial charge is 0.388 e. The van der Waals surface area contributed by atoms with Crippen LogP contribution >= 0.6 is 11.8 Å². The molecule has 1 aromatic heterocycles. The fourth-order valence-corrected chi connectivity index (χ4v) is 3.71. The van der Waals surface area contributed by atoms with Gasteiger partial charge in [0.2, 0.25) is 0 Å². The topological polar surface area (TPSA) is 80.3 Å². The Labute approximate surface area is 192 Å². The van der Waals surface area contributed by atoms with E-state index in [0.717, 1.165) is 28.1 Å². The zero-order chi connectivity index (χ0) is 22.8. The molecule has 2 aromatic carbocycles. The van der Waals surface area contributed by atoms with Crippen LogP contribution in [0.4, 0.5) is 5.69 Å². The summed E-state index contributed by atoms with van der Waals surface area (Å²) < 4.78 is 5.24. The normalized spacial score (nSPS) is 11.6. The molecule has 166 valence electrons. The third kappa shape index (κ3) is 6.42. The minimum Gasteiger partial charge on any atom is -0.388 e. The van der Waals surface area contributed by atoms with Crippen molar-refractivity contribution in [2.24, 2.45) is 0 Å². The lowest BCUT2D eigenvalue weighted by Gasteiger charge is -2.15. The predicted molar refractivity (Wildman–Crippen MR) is 130 cm³/mol. The first-order valence-corrected chi connectivity index (χ1v) is 11.8. The number of aromatic nitrogens is 1. The Morgan fingerprint density at radius 1 is 1.09 bits per heavy atom. The molecule has 0 aliphatic rings. The fourth-order valence-electron chi connectivity index (χ4n) is 3.24. The Kier molecular flexibility index (Phi) is 8.83. The average Bonchev–Trinajstić information content (AvgIpc) is 2.84. The molecular weight excluding hydrogens is 422 g/mol. The predicted octanol–water partition coefficient (Wildman–Crippen LogP) is 4.39. The van der Waals surface area contributed by atoms with Crippen LogP contribution in [0.15, 0.2) is 73.1 Å². The molecule has 0 saturated carbocycles. The maximum Gasteiger partial charge on any atom is 0.346 e. The number of nitrogens with one attached hydrogen (secondary N) is 2. The third-order valence-corrected chi connectivity index (χ3v) is 5.63. The number of carbonyl (C=O) groups excluding carboxylic acids is 2. The minimum atomic E-state index is -0.648. The summed E-state index contributed by atoms with van der Waals surface area (Å²) in [5.74, 6) is -0.416. The van der Waals surface area contributed by atoms with Crippen molar-refractivity contribution in [2.75, 3.05) is 24.4 Å². The first-order valence-electron chi connectivity index (χ1n) is 10.4. The number of rotatable bonds is 10. The van der Waals surface area contributed by atoms with Gasteiger partial charge in [-0.25, -0.2) is 9.59 Å². The van der Waals surface area contributed by atoms with Crippen LogP contribution in [0.5, 0.6) is 0 Å². The SMILES string of the molecule is CN[C@@H](CCSC)C(=O)OC(=O)c1ccc(CNc2cccnc2)cc1-c1ccccc1. The fraction of sp³-hybridized carbons (Fsp3) is 0.240. The van der Waals surface area contributed by atoms with Crippen molar-refractivity contribution < 1.29 is 14.3 Å². The zero-order valence-corrected chi connectivity index (χ0v) is 19.0. The van der Waals surface area contributed by atoms with E-state index in [1.807, 2.05) is 60.9 Å². The monoisotopic (exact) mass is 449 g/mol. The molecule has 0 aliphatic heterocycles. The van der Waals surface area contributed by atoms with E-state index in [1.165, 1.54) is 0 Å². The van der Waals surface area contributed by atoms with Gasteiger partial charge in [-0.05, 0) is 66.4 Å². The van der Waals surface area contributed by atoms with E-state index in [9.17, 15) is 9.59 Å². The van der Waals surface area contributed by atoms with E-state index in [4.69, 9.17) is 4.74 Å². The molecule has 0 unspecified atom stereocenters. The van der Waals surface area contributed by atoms with Crippen LogP contribution in [-0.4, -0.2) is 42.0 Å². The lowest BCUT2D eigenvalue weighted by molar-refractivity contribution is -0.140. The number of nitrogens with zero attached hydrogens (tertiary/aromatic N) is 1. The van der Waals surface area contributed by atoms with E-state index in [1.54, 1.807) is 37.3 Å². The molecule has 1 heterocycles. The van der Waals surface area contributed by atoms with Gasteiger partial charge in [0.25, 0.3) is 0 Å². The number of hydrogen-bond acceptors (Lipinski definition) is 7. The molecule has 0 amide bonds. The number of hydrogen-bond donors (Lipinski definition) is 2. The molecule has 6 nitrogen and oxygen atoms in total. The first-order chi connectivity index (χ1) is 15.6. The van der Waals surface area contributed by atoms with Gasteiger partial charge in [0.15, 0.2) is 0 Å². The second-order valence-corrected chi connectivity index (χ2v) is 8.16. The van der Waals surface area contributed by atoms with E-state index in [0.29, 0.717) is 18.5 Å². The Morgan fingerprint density at radius 2 is 1.91 bits per heavy atom. The van der Waals surface area contributed by atoms with Crippen LogP contribution in [0.25, 0.3) is 11.1 Å². The van der Waals surface area contributed by atoms with E-state index >= 15 is 0 Å². The highest BCUT2D eigenvalue weighted by Crippen LogP contribution is 2.26. The first kappa shape index (κ1) is 23.5.